The van der Waals surface area contributed by atoms with Crippen molar-refractivity contribution in [1.29, 1.82) is 0 Å². The van der Waals surface area contributed by atoms with Gasteiger partial charge in [-0.1, -0.05) is 6.07 Å². The highest BCUT2D eigenvalue weighted by Gasteiger charge is 2.46. The topological polar surface area (TPSA) is 102 Å². The number of ether oxygens (including phenoxy) is 6. The second-order valence-electron chi connectivity index (χ2n) is 9.18. The molecule has 3 atom stereocenters. The van der Waals surface area contributed by atoms with Gasteiger partial charge < -0.3 is 28.4 Å². The zero-order chi connectivity index (χ0) is 27.6. The molecule has 0 amide bonds. The average Bonchev–Trinajstić information content (AvgIpc) is 2.94. The number of benzene rings is 2. The second kappa shape index (κ2) is 11.2. The first kappa shape index (κ1) is 27.0. The lowest BCUT2D eigenvalue weighted by molar-refractivity contribution is -0.143. The van der Waals surface area contributed by atoms with Crippen LogP contribution in [0.4, 0.5) is 0 Å². The Hall–Kier alpha value is -4.01. The van der Waals surface area contributed by atoms with Crippen molar-refractivity contribution in [1.82, 2.24) is 0 Å². The highest BCUT2D eigenvalue weighted by molar-refractivity contribution is 6.09. The Morgan fingerprint density at radius 3 is 2.00 bits per heavy atom. The van der Waals surface area contributed by atoms with Crippen molar-refractivity contribution in [3.05, 3.63) is 52.7 Å². The third-order valence-electron chi connectivity index (χ3n) is 7.29. The average molecular weight is 524 g/mol. The van der Waals surface area contributed by atoms with E-state index in [4.69, 9.17) is 33.4 Å². The summed E-state index contributed by atoms with van der Waals surface area (Å²) in [6.07, 6.45) is 0.775. The highest BCUT2D eigenvalue weighted by Crippen LogP contribution is 2.51. The normalized spacial score (nSPS) is 20.8. The number of ketones is 1. The van der Waals surface area contributed by atoms with Gasteiger partial charge in [0, 0.05) is 41.0 Å². The molecule has 2 aromatic rings. The van der Waals surface area contributed by atoms with Crippen molar-refractivity contribution in [2.24, 2.45) is 10.9 Å². The summed E-state index contributed by atoms with van der Waals surface area (Å²) in [6, 6.07) is 9.13. The third-order valence-corrected chi connectivity index (χ3v) is 7.29. The Balaban J connectivity index is 1.87. The summed E-state index contributed by atoms with van der Waals surface area (Å²) < 4.78 is 32.7. The molecule has 1 aliphatic carbocycles. The molecule has 0 N–H and O–H groups in total. The molecule has 0 aromatic heterocycles. The number of nitrogens with zero attached hydrogens (tertiary/aromatic N) is 1. The molecule has 38 heavy (non-hydrogen) atoms. The van der Waals surface area contributed by atoms with E-state index in [0.29, 0.717) is 57.7 Å². The minimum Gasteiger partial charge on any atom is -0.496 e. The third kappa shape index (κ3) is 4.68. The molecule has 4 rings (SSSR count). The minimum absolute atomic E-state index is 0.0852. The van der Waals surface area contributed by atoms with Crippen molar-refractivity contribution in [3.8, 4) is 28.7 Å². The summed E-state index contributed by atoms with van der Waals surface area (Å²) in [5.41, 5.74) is 3.29. The predicted molar refractivity (Wildman–Crippen MR) is 141 cm³/mol. The van der Waals surface area contributed by atoms with Gasteiger partial charge in [0.1, 0.15) is 11.7 Å². The number of hydrogen-bond acceptors (Lipinski definition) is 9. The first-order valence-corrected chi connectivity index (χ1v) is 12.2. The number of hydrogen-bond donors (Lipinski definition) is 0. The first-order chi connectivity index (χ1) is 18.3. The molecule has 0 saturated heterocycles. The van der Waals surface area contributed by atoms with E-state index in [1.165, 1.54) is 28.4 Å². The minimum atomic E-state index is -0.799. The molecule has 0 saturated carbocycles. The van der Waals surface area contributed by atoms with Crippen molar-refractivity contribution in [2.75, 3.05) is 42.7 Å². The number of rotatable bonds is 8. The second-order valence-corrected chi connectivity index (χ2v) is 9.18. The van der Waals surface area contributed by atoms with Gasteiger partial charge in [0.25, 0.3) is 0 Å². The van der Waals surface area contributed by atoms with Gasteiger partial charge in [-0.3, -0.25) is 14.6 Å². The zero-order valence-electron chi connectivity index (χ0n) is 22.7. The molecule has 2 aromatic carbocycles. The van der Waals surface area contributed by atoms with Crippen LogP contribution in [-0.2, 0) is 14.3 Å². The molecule has 0 spiro atoms. The van der Waals surface area contributed by atoms with E-state index in [9.17, 15) is 9.59 Å². The summed E-state index contributed by atoms with van der Waals surface area (Å²) in [5, 5.41) is 0. The van der Waals surface area contributed by atoms with Crippen molar-refractivity contribution in [2.45, 2.75) is 31.6 Å². The Bertz CT molecular complexity index is 1310. The van der Waals surface area contributed by atoms with E-state index in [0.717, 1.165) is 5.56 Å². The summed E-state index contributed by atoms with van der Waals surface area (Å²) in [4.78, 5) is 31.7. The monoisotopic (exact) mass is 523 g/mol. The van der Waals surface area contributed by atoms with Crippen LogP contribution in [0.1, 0.15) is 42.7 Å². The molecule has 2 aliphatic rings. The van der Waals surface area contributed by atoms with E-state index in [-0.39, 0.29) is 18.1 Å². The van der Waals surface area contributed by atoms with Gasteiger partial charge in [-0.15, -0.1) is 0 Å². The number of carbonyl (C=O) groups excluding carboxylic acids is 2. The molecule has 3 unspecified atom stereocenters. The molecule has 0 bridgehead atoms. The van der Waals surface area contributed by atoms with E-state index in [1.807, 2.05) is 18.2 Å². The Labute approximate surface area is 222 Å². The fourth-order valence-corrected chi connectivity index (χ4v) is 5.47. The van der Waals surface area contributed by atoms with Crippen molar-refractivity contribution < 1.29 is 38.0 Å². The van der Waals surface area contributed by atoms with Crippen LogP contribution < -0.4 is 23.7 Å². The highest BCUT2D eigenvalue weighted by atomic mass is 16.5. The molecule has 202 valence electrons. The van der Waals surface area contributed by atoms with Gasteiger partial charge >= 0.3 is 5.97 Å². The lowest BCUT2D eigenvalue weighted by atomic mass is 9.69. The van der Waals surface area contributed by atoms with Crippen LogP contribution >= 0.6 is 0 Å². The largest absolute Gasteiger partial charge is 0.496 e. The van der Waals surface area contributed by atoms with Crippen LogP contribution in [0.3, 0.4) is 0 Å². The summed E-state index contributed by atoms with van der Waals surface area (Å²) in [6.45, 7) is 1.79. The number of Topliss-reactive ketones (excluding diaryl/α,β-unsaturated/α-hetero) is 1. The summed E-state index contributed by atoms with van der Waals surface area (Å²) >= 11 is 0. The van der Waals surface area contributed by atoms with E-state index in [2.05, 4.69) is 0 Å². The fraction of sp³-hybridized carbons (Fsp3) is 0.414. The lowest BCUT2D eigenvalue weighted by Gasteiger charge is -2.37. The van der Waals surface area contributed by atoms with E-state index < -0.39 is 17.8 Å². The fourth-order valence-electron chi connectivity index (χ4n) is 5.47. The van der Waals surface area contributed by atoms with Crippen LogP contribution in [-0.4, -0.2) is 60.1 Å². The Kier molecular flexibility index (Phi) is 7.94. The predicted octanol–water partition coefficient (Wildman–Crippen LogP) is 4.48. The number of allylic oxidation sites excluding steroid dienone is 2. The molecule has 0 fully saturated rings. The number of aliphatic imine (C=N–C) groups is 1. The quantitative estimate of drug-likeness (QED) is 0.467. The van der Waals surface area contributed by atoms with Gasteiger partial charge in [-0.05, 0) is 43.0 Å². The Morgan fingerprint density at radius 2 is 1.39 bits per heavy atom. The van der Waals surface area contributed by atoms with Crippen LogP contribution in [0.5, 0.6) is 28.7 Å². The van der Waals surface area contributed by atoms with Crippen LogP contribution in [0.25, 0.3) is 0 Å². The maximum absolute atomic E-state index is 13.9. The first-order valence-electron chi connectivity index (χ1n) is 12.2. The van der Waals surface area contributed by atoms with Crippen LogP contribution in [0.2, 0.25) is 0 Å². The van der Waals surface area contributed by atoms with Crippen LogP contribution in [0, 0.1) is 5.92 Å². The SMILES string of the molecule is COC(=O)C1C(C)=NC2=C(C(=O)CC(c3ccc(OC)c(OC)c3)C2)C1c1cc(OC)c(OC)cc1OC. The van der Waals surface area contributed by atoms with Gasteiger partial charge in [0.15, 0.2) is 28.8 Å². The standard InChI is InChI=1S/C29H33NO8/c1-15-26(29(32)38-7)27(18-13-24(36-5)25(37-6)14-22(18)34-3)28-19(30-15)10-17(11-20(28)31)16-8-9-21(33-2)23(12-16)35-4/h8-9,12-14,17,26-27H,10-11H2,1-7H3. The molecule has 9 heteroatoms. The smallest absolute Gasteiger partial charge is 0.315 e. The van der Waals surface area contributed by atoms with E-state index in [1.54, 1.807) is 33.3 Å². The summed E-state index contributed by atoms with van der Waals surface area (Å²) in [5.74, 6) is 0.481. The molecule has 1 heterocycles. The number of esters is 1. The molecule has 9 nitrogen and oxygen atoms in total. The molecule has 0 radical (unpaired) electrons. The lowest BCUT2D eigenvalue weighted by Crippen LogP contribution is -2.38. The Morgan fingerprint density at radius 1 is 0.789 bits per heavy atom. The van der Waals surface area contributed by atoms with Gasteiger partial charge in [0.05, 0.1) is 42.7 Å². The van der Waals surface area contributed by atoms with Crippen molar-refractivity contribution in [3.63, 3.8) is 0 Å². The molecular weight excluding hydrogens is 490 g/mol. The number of carbonyl (C=O) groups is 2. The summed E-state index contributed by atoms with van der Waals surface area (Å²) in [7, 11) is 9.09. The zero-order valence-corrected chi connectivity index (χ0v) is 22.7. The van der Waals surface area contributed by atoms with E-state index >= 15 is 0 Å². The number of methoxy groups -OCH3 is 6. The molecular formula is C29H33NO8. The van der Waals surface area contributed by atoms with Crippen LogP contribution in [0.15, 0.2) is 46.6 Å². The molecule has 1 aliphatic heterocycles. The van der Waals surface area contributed by atoms with Gasteiger partial charge in [-0.2, -0.15) is 0 Å². The maximum atomic E-state index is 13.9. The van der Waals surface area contributed by atoms with Crippen molar-refractivity contribution >= 4 is 17.5 Å². The van der Waals surface area contributed by atoms with Gasteiger partial charge in [0.2, 0.25) is 0 Å². The maximum Gasteiger partial charge on any atom is 0.315 e. The van der Waals surface area contributed by atoms with Gasteiger partial charge in [-0.25, -0.2) is 0 Å².